The third-order valence-electron chi connectivity index (χ3n) is 4.71. The first-order chi connectivity index (χ1) is 7.85. The summed E-state index contributed by atoms with van der Waals surface area (Å²) in [5.41, 5.74) is 0. The van der Waals surface area contributed by atoms with E-state index in [4.69, 9.17) is 0 Å². The molecule has 1 saturated heterocycles. The van der Waals surface area contributed by atoms with Crippen molar-refractivity contribution in [3.8, 4) is 0 Å². The molecule has 2 rings (SSSR count). The van der Waals surface area contributed by atoms with Crippen LogP contribution in [0.2, 0.25) is 0 Å². The molecule has 16 heavy (non-hydrogen) atoms. The summed E-state index contributed by atoms with van der Waals surface area (Å²) in [6.45, 7) is 2.37. The van der Waals surface area contributed by atoms with Crippen molar-refractivity contribution in [3.63, 3.8) is 0 Å². The summed E-state index contributed by atoms with van der Waals surface area (Å²) in [6.07, 6.45) is 8.77. The molecule has 0 aromatic carbocycles. The van der Waals surface area contributed by atoms with Crippen LogP contribution in [0.15, 0.2) is 0 Å². The lowest BCUT2D eigenvalue weighted by molar-refractivity contribution is 0.181. The molecule has 2 aliphatic rings. The van der Waals surface area contributed by atoms with Crippen LogP contribution in [-0.2, 0) is 0 Å². The van der Waals surface area contributed by atoms with Crippen molar-refractivity contribution in [3.05, 3.63) is 0 Å². The van der Waals surface area contributed by atoms with Crippen molar-refractivity contribution < 1.29 is 0 Å². The first-order valence-corrected chi connectivity index (χ1v) is 8.25. The van der Waals surface area contributed by atoms with Gasteiger partial charge in [0.05, 0.1) is 0 Å². The number of nitrogens with one attached hydrogen (secondary N) is 1. The van der Waals surface area contributed by atoms with Crippen LogP contribution in [0.4, 0.5) is 0 Å². The molecule has 2 heteroatoms. The largest absolute Gasteiger partial charge is 0.316 e. The molecular formula is C14H27NS. The van der Waals surface area contributed by atoms with E-state index < -0.39 is 0 Å². The standard InChI is InChI=1S/C14H27NS/c1-3-11-5-4-6-12(9-11)14(15-2)13-7-8-16-10-13/h11-15H,3-10H2,1-2H3. The van der Waals surface area contributed by atoms with Gasteiger partial charge in [-0.1, -0.05) is 26.2 Å². The number of rotatable bonds is 4. The zero-order chi connectivity index (χ0) is 11.4. The Balaban J connectivity index is 1.91. The average molecular weight is 241 g/mol. The van der Waals surface area contributed by atoms with E-state index in [1.54, 1.807) is 0 Å². The van der Waals surface area contributed by atoms with Gasteiger partial charge in [-0.15, -0.1) is 0 Å². The van der Waals surface area contributed by atoms with Crippen molar-refractivity contribution in [1.82, 2.24) is 5.32 Å². The number of thioether (sulfide) groups is 1. The van der Waals surface area contributed by atoms with Gasteiger partial charge in [-0.25, -0.2) is 0 Å². The second-order valence-corrected chi connectivity index (χ2v) is 6.79. The van der Waals surface area contributed by atoms with Crippen LogP contribution in [0.1, 0.15) is 45.4 Å². The summed E-state index contributed by atoms with van der Waals surface area (Å²) < 4.78 is 0. The summed E-state index contributed by atoms with van der Waals surface area (Å²) in [4.78, 5) is 0. The molecular weight excluding hydrogens is 214 g/mol. The van der Waals surface area contributed by atoms with E-state index in [1.807, 2.05) is 0 Å². The smallest absolute Gasteiger partial charge is 0.0129 e. The Labute approximate surface area is 105 Å². The molecule has 0 amide bonds. The van der Waals surface area contributed by atoms with Crippen LogP contribution >= 0.6 is 11.8 Å². The van der Waals surface area contributed by atoms with Crippen LogP contribution in [0, 0.1) is 17.8 Å². The van der Waals surface area contributed by atoms with Gasteiger partial charge in [0.15, 0.2) is 0 Å². The predicted octanol–water partition coefficient (Wildman–Crippen LogP) is 3.54. The fraction of sp³-hybridized carbons (Fsp3) is 1.00. The maximum atomic E-state index is 3.65. The molecule has 94 valence electrons. The molecule has 1 nitrogen and oxygen atoms in total. The summed E-state index contributed by atoms with van der Waals surface area (Å²) in [6, 6.07) is 0.810. The van der Waals surface area contributed by atoms with Crippen molar-refractivity contribution >= 4 is 11.8 Å². The molecule has 0 bridgehead atoms. The van der Waals surface area contributed by atoms with Gasteiger partial charge < -0.3 is 5.32 Å². The molecule has 4 unspecified atom stereocenters. The predicted molar refractivity (Wildman–Crippen MR) is 74.0 cm³/mol. The van der Waals surface area contributed by atoms with Crippen LogP contribution in [0.3, 0.4) is 0 Å². The summed E-state index contributed by atoms with van der Waals surface area (Å²) in [7, 11) is 2.18. The molecule has 1 heterocycles. The fourth-order valence-corrected chi connectivity index (χ4v) is 5.03. The Hall–Kier alpha value is 0.310. The lowest BCUT2D eigenvalue weighted by Crippen LogP contribution is -2.42. The third-order valence-corrected chi connectivity index (χ3v) is 5.90. The van der Waals surface area contributed by atoms with E-state index in [9.17, 15) is 0 Å². The van der Waals surface area contributed by atoms with Gasteiger partial charge in [0, 0.05) is 6.04 Å². The van der Waals surface area contributed by atoms with Crippen molar-refractivity contribution in [2.75, 3.05) is 18.6 Å². The maximum absolute atomic E-state index is 3.65. The van der Waals surface area contributed by atoms with Gasteiger partial charge in [-0.2, -0.15) is 11.8 Å². The van der Waals surface area contributed by atoms with Gasteiger partial charge in [-0.05, 0) is 55.6 Å². The van der Waals surface area contributed by atoms with Crippen molar-refractivity contribution in [2.45, 2.75) is 51.5 Å². The van der Waals surface area contributed by atoms with E-state index >= 15 is 0 Å². The Kier molecular flexibility index (Phi) is 5.02. The molecule has 2 fully saturated rings. The average Bonchev–Trinajstić information content (AvgIpc) is 2.84. The highest BCUT2D eigenvalue weighted by atomic mass is 32.2. The second kappa shape index (κ2) is 6.30. The number of hydrogen-bond donors (Lipinski definition) is 1. The molecule has 0 aromatic rings. The van der Waals surface area contributed by atoms with Crippen LogP contribution in [-0.4, -0.2) is 24.6 Å². The van der Waals surface area contributed by atoms with Gasteiger partial charge >= 0.3 is 0 Å². The minimum absolute atomic E-state index is 0.810. The van der Waals surface area contributed by atoms with Crippen LogP contribution < -0.4 is 5.32 Å². The third kappa shape index (κ3) is 2.95. The highest BCUT2D eigenvalue weighted by Gasteiger charge is 2.33. The zero-order valence-electron chi connectivity index (χ0n) is 10.9. The Morgan fingerprint density at radius 3 is 2.75 bits per heavy atom. The molecule has 0 spiro atoms. The topological polar surface area (TPSA) is 12.0 Å². The van der Waals surface area contributed by atoms with Gasteiger partial charge in [0.25, 0.3) is 0 Å². The van der Waals surface area contributed by atoms with E-state index in [0.717, 1.165) is 23.8 Å². The molecule has 0 radical (unpaired) electrons. The lowest BCUT2D eigenvalue weighted by atomic mass is 9.73. The van der Waals surface area contributed by atoms with E-state index in [1.165, 1.54) is 50.0 Å². The second-order valence-electron chi connectivity index (χ2n) is 5.64. The van der Waals surface area contributed by atoms with Crippen LogP contribution in [0.5, 0.6) is 0 Å². The Morgan fingerprint density at radius 2 is 2.12 bits per heavy atom. The van der Waals surface area contributed by atoms with Crippen molar-refractivity contribution in [1.29, 1.82) is 0 Å². The lowest BCUT2D eigenvalue weighted by Gasteiger charge is -2.37. The van der Waals surface area contributed by atoms with Gasteiger partial charge in [0.2, 0.25) is 0 Å². The fourth-order valence-electron chi connectivity index (χ4n) is 3.72. The molecule has 4 atom stereocenters. The molecule has 1 aliphatic heterocycles. The van der Waals surface area contributed by atoms with Crippen molar-refractivity contribution in [2.24, 2.45) is 17.8 Å². The first kappa shape index (κ1) is 12.8. The highest BCUT2D eigenvalue weighted by molar-refractivity contribution is 7.99. The quantitative estimate of drug-likeness (QED) is 0.808. The monoisotopic (exact) mass is 241 g/mol. The van der Waals surface area contributed by atoms with Gasteiger partial charge in [0.1, 0.15) is 0 Å². The van der Waals surface area contributed by atoms with E-state index in [2.05, 4.69) is 31.1 Å². The molecule has 1 N–H and O–H groups in total. The van der Waals surface area contributed by atoms with Crippen LogP contribution in [0.25, 0.3) is 0 Å². The maximum Gasteiger partial charge on any atom is 0.0129 e. The Bertz CT molecular complexity index is 201. The summed E-state index contributed by atoms with van der Waals surface area (Å²) >= 11 is 2.16. The highest BCUT2D eigenvalue weighted by Crippen LogP contribution is 2.38. The molecule has 0 aromatic heterocycles. The van der Waals surface area contributed by atoms with E-state index in [0.29, 0.717) is 0 Å². The summed E-state index contributed by atoms with van der Waals surface area (Å²) in [5.74, 6) is 5.73. The minimum Gasteiger partial charge on any atom is -0.316 e. The molecule has 1 saturated carbocycles. The van der Waals surface area contributed by atoms with E-state index in [-0.39, 0.29) is 0 Å². The zero-order valence-corrected chi connectivity index (χ0v) is 11.7. The summed E-state index contributed by atoms with van der Waals surface area (Å²) in [5, 5.41) is 3.65. The number of hydrogen-bond acceptors (Lipinski definition) is 2. The first-order valence-electron chi connectivity index (χ1n) is 7.10. The Morgan fingerprint density at radius 1 is 1.25 bits per heavy atom. The molecule has 1 aliphatic carbocycles. The normalized spacial score (nSPS) is 37.5. The minimum atomic E-state index is 0.810. The SMILES string of the molecule is CCC1CCCC(C(NC)C2CCSC2)C1. The van der Waals surface area contributed by atoms with Gasteiger partial charge in [-0.3, -0.25) is 0 Å².